The highest BCUT2D eigenvalue weighted by Crippen LogP contribution is 2.29. The highest BCUT2D eigenvalue weighted by Gasteiger charge is 2.31. The number of benzene rings is 2. The minimum Gasteiger partial charge on any atom is -0.478 e. The summed E-state index contributed by atoms with van der Waals surface area (Å²) in [5.74, 6) is -2.80. The third-order valence-corrected chi connectivity index (χ3v) is 3.83. The van der Waals surface area contributed by atoms with E-state index in [0.29, 0.717) is 41.2 Å². The van der Waals surface area contributed by atoms with Crippen LogP contribution in [0, 0.1) is 5.82 Å². The highest BCUT2D eigenvalue weighted by atomic mass is 19.4. The number of halogens is 4. The molecular formula is C21H18F4N2O6. The first-order valence-corrected chi connectivity index (χ1v) is 9.25. The lowest BCUT2D eigenvalue weighted by molar-refractivity contribution is -0.274. The smallest absolute Gasteiger partial charge is 0.478 e. The number of hydrogen-bond acceptors (Lipinski definition) is 5. The molecule has 0 radical (unpaired) electrons. The summed E-state index contributed by atoms with van der Waals surface area (Å²) in [6, 6.07) is 9.49. The number of ether oxygens (including phenoxy) is 2. The second kappa shape index (κ2) is 11.1. The Morgan fingerprint density at radius 3 is 2.21 bits per heavy atom. The van der Waals surface area contributed by atoms with Crippen LogP contribution in [0.15, 0.2) is 54.6 Å². The van der Waals surface area contributed by atoms with Crippen LogP contribution in [0.2, 0.25) is 0 Å². The molecule has 1 heterocycles. The quantitative estimate of drug-likeness (QED) is 0.345. The van der Waals surface area contributed by atoms with Crippen LogP contribution in [-0.4, -0.2) is 45.1 Å². The molecule has 0 amide bonds. The topological polar surface area (TPSA) is 122 Å². The second-order valence-corrected chi connectivity index (χ2v) is 6.25. The summed E-state index contributed by atoms with van der Waals surface area (Å²) in [5, 5.41) is 15.6. The van der Waals surface area contributed by atoms with Gasteiger partial charge in [-0.05, 0) is 42.8 Å². The Bertz CT molecular complexity index is 1110. The Labute approximate surface area is 184 Å². The number of nitrogens with one attached hydrogen (secondary N) is 1. The summed E-state index contributed by atoms with van der Waals surface area (Å²) in [6.45, 7) is 2.15. The summed E-state index contributed by atoms with van der Waals surface area (Å²) in [4.78, 5) is 26.5. The Balaban J connectivity index is 0.000000414. The predicted octanol–water partition coefficient (Wildman–Crippen LogP) is 4.44. The molecule has 0 saturated heterocycles. The van der Waals surface area contributed by atoms with Crippen molar-refractivity contribution >= 4 is 23.0 Å². The Morgan fingerprint density at radius 2 is 1.70 bits per heavy atom. The summed E-state index contributed by atoms with van der Waals surface area (Å²) in [5.41, 5.74) is 1.67. The number of aromatic amines is 1. The van der Waals surface area contributed by atoms with Gasteiger partial charge in [0.05, 0.1) is 11.0 Å². The van der Waals surface area contributed by atoms with E-state index in [1.807, 2.05) is 0 Å². The maximum atomic E-state index is 13.3. The molecule has 1 aromatic heterocycles. The van der Waals surface area contributed by atoms with Gasteiger partial charge >= 0.3 is 18.3 Å². The van der Waals surface area contributed by atoms with Crippen LogP contribution in [0.5, 0.6) is 5.75 Å². The van der Waals surface area contributed by atoms with Crippen molar-refractivity contribution in [2.45, 2.75) is 19.4 Å². The molecule has 33 heavy (non-hydrogen) atoms. The van der Waals surface area contributed by atoms with Crippen LogP contribution in [0.4, 0.5) is 17.6 Å². The number of nitrogens with zero attached hydrogens (tertiary/aromatic N) is 1. The number of imidazole rings is 1. The molecule has 0 aliphatic heterocycles. The Hall–Kier alpha value is -3.93. The van der Waals surface area contributed by atoms with Gasteiger partial charge in [0.15, 0.2) is 0 Å². The lowest BCUT2D eigenvalue weighted by atomic mass is 10.1. The summed E-state index contributed by atoms with van der Waals surface area (Å²) < 4.78 is 59.6. The third-order valence-electron chi connectivity index (χ3n) is 3.83. The zero-order valence-electron chi connectivity index (χ0n) is 17.0. The molecule has 0 spiro atoms. The lowest BCUT2D eigenvalue weighted by Crippen LogP contribution is -2.17. The van der Waals surface area contributed by atoms with Crippen molar-refractivity contribution in [3.05, 3.63) is 71.8 Å². The van der Waals surface area contributed by atoms with Gasteiger partial charge in [0.1, 0.15) is 23.5 Å². The number of carbonyl (C=O) groups is 2. The monoisotopic (exact) mass is 470 g/mol. The number of fused-ring (bicyclic) bond motifs is 1. The van der Waals surface area contributed by atoms with Crippen LogP contribution in [0.25, 0.3) is 11.0 Å². The molecular weight excluding hydrogens is 452 g/mol. The van der Waals surface area contributed by atoms with Crippen molar-refractivity contribution < 1.29 is 46.8 Å². The van der Waals surface area contributed by atoms with Crippen LogP contribution in [0.3, 0.4) is 0 Å². The predicted molar refractivity (Wildman–Crippen MR) is 107 cm³/mol. The Kier molecular flexibility index (Phi) is 8.51. The van der Waals surface area contributed by atoms with E-state index in [9.17, 15) is 27.2 Å². The van der Waals surface area contributed by atoms with Gasteiger partial charge < -0.3 is 24.7 Å². The first-order valence-electron chi connectivity index (χ1n) is 9.25. The van der Waals surface area contributed by atoms with Crippen molar-refractivity contribution in [2.24, 2.45) is 0 Å². The van der Waals surface area contributed by atoms with Crippen molar-refractivity contribution in [3.63, 3.8) is 0 Å². The molecule has 3 N–H and O–H groups in total. The summed E-state index contributed by atoms with van der Waals surface area (Å²) in [6.07, 6.45) is -4.26. The van der Waals surface area contributed by atoms with Gasteiger partial charge in [-0.2, -0.15) is 0 Å². The molecule has 0 saturated carbocycles. The number of rotatable bonds is 7. The molecule has 3 aromatic rings. The fraction of sp³-hybridized carbons (Fsp3) is 0.190. The van der Waals surface area contributed by atoms with Crippen molar-refractivity contribution in [1.82, 2.24) is 9.97 Å². The van der Waals surface area contributed by atoms with Crippen LogP contribution in [-0.2, 0) is 14.3 Å². The van der Waals surface area contributed by atoms with Gasteiger partial charge in [-0.15, -0.1) is 13.2 Å². The van der Waals surface area contributed by atoms with E-state index in [0.717, 1.165) is 0 Å². The van der Waals surface area contributed by atoms with Gasteiger partial charge in [-0.25, -0.2) is 19.0 Å². The van der Waals surface area contributed by atoms with Crippen molar-refractivity contribution in [2.75, 3.05) is 6.61 Å². The molecule has 0 fully saturated rings. The lowest BCUT2D eigenvalue weighted by Gasteiger charge is -2.16. The number of aromatic nitrogens is 2. The SMILES string of the molecule is CCOC(c1ccc(OC(F)(F)F)cc1)c1nc2ccc(F)cc2[nH]1.O=C(O)C=CC(=O)O. The van der Waals surface area contributed by atoms with Crippen LogP contribution < -0.4 is 4.74 Å². The molecule has 0 aliphatic carbocycles. The molecule has 3 rings (SSSR count). The first kappa shape index (κ1) is 25.3. The van der Waals surface area contributed by atoms with E-state index in [1.165, 1.54) is 42.5 Å². The number of hydrogen-bond donors (Lipinski definition) is 3. The van der Waals surface area contributed by atoms with E-state index in [1.54, 1.807) is 6.92 Å². The second-order valence-electron chi connectivity index (χ2n) is 6.25. The number of aliphatic carboxylic acids is 2. The van der Waals surface area contributed by atoms with Crippen LogP contribution in [0.1, 0.15) is 24.4 Å². The largest absolute Gasteiger partial charge is 0.573 e. The fourth-order valence-electron chi connectivity index (χ4n) is 2.61. The Morgan fingerprint density at radius 1 is 1.09 bits per heavy atom. The minimum absolute atomic E-state index is 0.321. The van der Waals surface area contributed by atoms with Crippen LogP contribution >= 0.6 is 0 Å². The van der Waals surface area contributed by atoms with Gasteiger partial charge in [0.25, 0.3) is 0 Å². The van der Waals surface area contributed by atoms with Gasteiger partial charge in [0.2, 0.25) is 0 Å². The summed E-state index contributed by atoms with van der Waals surface area (Å²) >= 11 is 0. The fourth-order valence-corrected chi connectivity index (χ4v) is 2.61. The van der Waals surface area contributed by atoms with Crippen molar-refractivity contribution in [1.29, 1.82) is 0 Å². The molecule has 2 aromatic carbocycles. The number of carboxylic acids is 2. The zero-order valence-corrected chi connectivity index (χ0v) is 17.0. The number of H-pyrrole nitrogens is 1. The number of alkyl halides is 3. The van der Waals surface area contributed by atoms with E-state index in [-0.39, 0.29) is 5.75 Å². The standard InChI is InChI=1S/C17H14F4N2O2.C4H4O4/c1-2-24-15(10-3-6-12(7-4-10)25-17(19,20)21)16-22-13-8-5-11(18)9-14(13)23-16;5-3(6)1-2-4(7)8/h3-9,15H,2H2,1H3,(H,22,23);1-2H,(H,5,6)(H,7,8). The number of carboxylic acid groups (broad SMARTS) is 2. The molecule has 0 bridgehead atoms. The van der Waals surface area contributed by atoms with Crippen molar-refractivity contribution in [3.8, 4) is 5.75 Å². The molecule has 1 unspecified atom stereocenters. The average Bonchev–Trinajstić information content (AvgIpc) is 3.13. The molecule has 12 heteroatoms. The molecule has 1 atom stereocenters. The molecule has 176 valence electrons. The highest BCUT2D eigenvalue weighted by molar-refractivity contribution is 5.89. The maximum absolute atomic E-state index is 13.3. The van der Waals surface area contributed by atoms with E-state index >= 15 is 0 Å². The normalized spacial score (nSPS) is 12.3. The molecule has 8 nitrogen and oxygen atoms in total. The third kappa shape index (κ3) is 8.26. The van der Waals surface area contributed by atoms with Gasteiger partial charge in [0, 0.05) is 18.8 Å². The average molecular weight is 470 g/mol. The van der Waals surface area contributed by atoms with Gasteiger partial charge in [-0.3, -0.25) is 0 Å². The first-order chi connectivity index (χ1) is 15.5. The van der Waals surface area contributed by atoms with E-state index in [2.05, 4.69) is 14.7 Å². The summed E-state index contributed by atoms with van der Waals surface area (Å²) in [7, 11) is 0. The van der Waals surface area contributed by atoms with E-state index < -0.39 is 30.2 Å². The van der Waals surface area contributed by atoms with E-state index in [4.69, 9.17) is 14.9 Å². The maximum Gasteiger partial charge on any atom is 0.573 e. The van der Waals surface area contributed by atoms with Gasteiger partial charge in [-0.1, -0.05) is 12.1 Å². The minimum atomic E-state index is -4.75. The molecule has 0 aliphatic rings. The zero-order chi connectivity index (χ0) is 24.6.